The summed E-state index contributed by atoms with van der Waals surface area (Å²) in [5.74, 6) is 0.860. The molecule has 0 heterocycles. The van der Waals surface area contributed by atoms with Gasteiger partial charge in [0.2, 0.25) is 0 Å². The maximum atomic E-state index is 4.69. The van der Waals surface area contributed by atoms with Gasteiger partial charge in [-0.25, -0.2) is 0 Å². The lowest BCUT2D eigenvalue weighted by atomic mass is 9.85. The van der Waals surface area contributed by atoms with Crippen molar-refractivity contribution in [2.75, 3.05) is 13.7 Å². The molecule has 0 aromatic heterocycles. The first-order valence-electron chi connectivity index (χ1n) is 6.86. The normalized spacial score (nSPS) is 15.3. The highest BCUT2D eigenvalue weighted by molar-refractivity contribution is 4.96. The number of ether oxygens (including phenoxy) is 1. The Morgan fingerprint density at radius 2 is 1.69 bits per heavy atom. The molecule has 0 spiro atoms. The molecular weight excluding hydrogens is 196 g/mol. The van der Waals surface area contributed by atoms with Gasteiger partial charge in [0.05, 0.1) is 0 Å². The first-order valence-corrected chi connectivity index (χ1v) is 6.86. The van der Waals surface area contributed by atoms with Crippen LogP contribution in [0.1, 0.15) is 66.2 Å². The molecule has 98 valence electrons. The molecule has 1 aliphatic carbocycles. The van der Waals surface area contributed by atoms with E-state index in [-0.39, 0.29) is 0 Å². The monoisotopic (exact) mass is 228 g/mol. The van der Waals surface area contributed by atoms with Crippen molar-refractivity contribution in [3.8, 4) is 0 Å². The van der Waals surface area contributed by atoms with Gasteiger partial charge in [0, 0.05) is 13.7 Å². The number of hydrogen-bond acceptors (Lipinski definition) is 1. The molecule has 1 nitrogen and oxygen atoms in total. The summed E-state index contributed by atoms with van der Waals surface area (Å²) >= 11 is 0. The van der Waals surface area contributed by atoms with E-state index in [4.69, 9.17) is 4.74 Å². The Morgan fingerprint density at radius 1 is 1.19 bits per heavy atom. The largest absolute Gasteiger partial charge is 0.385 e. The van der Waals surface area contributed by atoms with Crippen LogP contribution in [0.4, 0.5) is 0 Å². The van der Waals surface area contributed by atoms with Crippen molar-refractivity contribution in [3.63, 3.8) is 0 Å². The molecule has 1 heteroatoms. The summed E-state index contributed by atoms with van der Waals surface area (Å²) in [5.41, 5.74) is 1.40. The van der Waals surface area contributed by atoms with Crippen LogP contribution in [0, 0.1) is 5.92 Å². The van der Waals surface area contributed by atoms with Crippen molar-refractivity contribution < 1.29 is 4.74 Å². The zero-order valence-electron chi connectivity index (χ0n) is 12.1. The second kappa shape index (κ2) is 14.7. The Labute approximate surface area is 103 Å². The molecule has 0 atom stereocenters. The lowest BCUT2D eigenvalue weighted by Gasteiger charge is -2.21. The third kappa shape index (κ3) is 11.8. The van der Waals surface area contributed by atoms with Crippen LogP contribution in [-0.2, 0) is 4.74 Å². The number of hydrogen-bond donors (Lipinski definition) is 0. The summed E-state index contributed by atoms with van der Waals surface area (Å²) in [5, 5.41) is 0. The summed E-state index contributed by atoms with van der Waals surface area (Å²) in [6.07, 6.45) is 8.22. The fourth-order valence-corrected chi connectivity index (χ4v) is 1.80. The van der Waals surface area contributed by atoms with Gasteiger partial charge in [-0.3, -0.25) is 0 Å². The molecule has 1 aliphatic rings. The first-order chi connectivity index (χ1) is 7.72. The Bertz CT molecular complexity index is 132. The molecule has 0 aromatic rings. The molecule has 0 amide bonds. The molecule has 0 aliphatic heterocycles. The Balaban J connectivity index is 0. The van der Waals surface area contributed by atoms with Crippen LogP contribution in [0.25, 0.3) is 0 Å². The standard InChI is InChI=1S/C9H16.C4H10O.C2H6/c1-8(2)9-6-4-3-5-7-9;1-3-4-5-2;1-2/h9H,1,3-7H2,2H3;3-4H2,1-2H3;1-2H3. The van der Waals surface area contributed by atoms with Gasteiger partial charge in [-0.15, -0.1) is 0 Å². The molecule has 0 bridgehead atoms. The second-order valence-corrected chi connectivity index (χ2v) is 4.17. The molecule has 1 saturated carbocycles. The third-order valence-electron chi connectivity index (χ3n) is 2.71. The minimum atomic E-state index is 0.860. The molecule has 1 rings (SSSR count). The van der Waals surface area contributed by atoms with Crippen molar-refractivity contribution in [3.05, 3.63) is 12.2 Å². The SMILES string of the molecule is C=C(C)C1CCCCC1.CC.CCCOC. The van der Waals surface area contributed by atoms with Gasteiger partial charge in [0.1, 0.15) is 0 Å². The fraction of sp³-hybridized carbons (Fsp3) is 0.867. The highest BCUT2D eigenvalue weighted by Crippen LogP contribution is 2.27. The zero-order valence-corrected chi connectivity index (χ0v) is 12.1. The van der Waals surface area contributed by atoms with Crippen LogP contribution in [0.2, 0.25) is 0 Å². The van der Waals surface area contributed by atoms with E-state index in [9.17, 15) is 0 Å². The molecule has 0 radical (unpaired) electrons. The topological polar surface area (TPSA) is 9.23 Å². The maximum absolute atomic E-state index is 4.69. The van der Waals surface area contributed by atoms with E-state index in [0.717, 1.165) is 18.9 Å². The van der Waals surface area contributed by atoms with Crippen LogP contribution >= 0.6 is 0 Å². The Morgan fingerprint density at radius 3 is 1.88 bits per heavy atom. The van der Waals surface area contributed by atoms with E-state index in [2.05, 4.69) is 20.4 Å². The van der Waals surface area contributed by atoms with Crippen molar-refractivity contribution in [2.45, 2.75) is 66.2 Å². The van der Waals surface area contributed by atoms with Gasteiger partial charge in [0.25, 0.3) is 0 Å². The van der Waals surface area contributed by atoms with E-state index in [0.29, 0.717) is 0 Å². The first kappa shape index (κ1) is 18.1. The van der Waals surface area contributed by atoms with Crippen molar-refractivity contribution >= 4 is 0 Å². The fourth-order valence-electron chi connectivity index (χ4n) is 1.80. The van der Waals surface area contributed by atoms with E-state index in [1.54, 1.807) is 7.11 Å². The minimum Gasteiger partial charge on any atom is -0.385 e. The van der Waals surface area contributed by atoms with Gasteiger partial charge in [-0.1, -0.05) is 52.2 Å². The van der Waals surface area contributed by atoms with Crippen LogP contribution in [0.5, 0.6) is 0 Å². The molecule has 1 fully saturated rings. The molecule has 0 saturated heterocycles. The molecule has 0 unspecified atom stereocenters. The summed E-state index contributed by atoms with van der Waals surface area (Å²) in [6, 6.07) is 0. The van der Waals surface area contributed by atoms with Gasteiger partial charge in [0.15, 0.2) is 0 Å². The summed E-state index contributed by atoms with van der Waals surface area (Å²) in [7, 11) is 1.71. The van der Waals surface area contributed by atoms with Gasteiger partial charge in [-0.05, 0) is 32.1 Å². The molecular formula is C15H32O. The van der Waals surface area contributed by atoms with E-state index in [1.165, 1.54) is 37.7 Å². The second-order valence-electron chi connectivity index (χ2n) is 4.17. The Kier molecular flexibility index (Phi) is 16.6. The van der Waals surface area contributed by atoms with Gasteiger partial charge in [-0.2, -0.15) is 0 Å². The highest BCUT2D eigenvalue weighted by atomic mass is 16.5. The number of methoxy groups -OCH3 is 1. The maximum Gasteiger partial charge on any atom is 0.0459 e. The lowest BCUT2D eigenvalue weighted by Crippen LogP contribution is -2.05. The summed E-state index contributed by atoms with van der Waals surface area (Å²) in [6.45, 7) is 13.1. The predicted molar refractivity (Wildman–Crippen MR) is 74.9 cm³/mol. The van der Waals surface area contributed by atoms with Crippen LogP contribution in [0.3, 0.4) is 0 Å². The zero-order chi connectivity index (χ0) is 12.8. The summed E-state index contributed by atoms with van der Waals surface area (Å²) in [4.78, 5) is 0. The number of rotatable bonds is 3. The molecule has 0 aromatic carbocycles. The molecule has 0 N–H and O–H groups in total. The average molecular weight is 228 g/mol. The van der Waals surface area contributed by atoms with Crippen molar-refractivity contribution in [1.29, 1.82) is 0 Å². The smallest absolute Gasteiger partial charge is 0.0459 e. The van der Waals surface area contributed by atoms with E-state index >= 15 is 0 Å². The highest BCUT2D eigenvalue weighted by Gasteiger charge is 2.12. The number of allylic oxidation sites excluding steroid dienone is 1. The van der Waals surface area contributed by atoms with Crippen molar-refractivity contribution in [2.24, 2.45) is 5.92 Å². The van der Waals surface area contributed by atoms with E-state index < -0.39 is 0 Å². The summed E-state index contributed by atoms with van der Waals surface area (Å²) < 4.78 is 4.69. The van der Waals surface area contributed by atoms with E-state index in [1.807, 2.05) is 13.8 Å². The lowest BCUT2D eigenvalue weighted by molar-refractivity contribution is 0.199. The minimum absolute atomic E-state index is 0.860. The molecule has 16 heavy (non-hydrogen) atoms. The average Bonchev–Trinajstić information content (AvgIpc) is 2.34. The van der Waals surface area contributed by atoms with Gasteiger partial charge < -0.3 is 4.74 Å². The van der Waals surface area contributed by atoms with Crippen LogP contribution < -0.4 is 0 Å². The van der Waals surface area contributed by atoms with Crippen LogP contribution in [0.15, 0.2) is 12.2 Å². The predicted octanol–water partition coefficient (Wildman–Crippen LogP) is 5.21. The van der Waals surface area contributed by atoms with Gasteiger partial charge >= 0.3 is 0 Å². The van der Waals surface area contributed by atoms with Crippen molar-refractivity contribution in [1.82, 2.24) is 0 Å². The quantitative estimate of drug-likeness (QED) is 0.602. The Hall–Kier alpha value is -0.300. The third-order valence-corrected chi connectivity index (χ3v) is 2.71. The van der Waals surface area contributed by atoms with Crippen LogP contribution in [-0.4, -0.2) is 13.7 Å².